The lowest BCUT2D eigenvalue weighted by molar-refractivity contribution is 0.112. The lowest BCUT2D eigenvalue weighted by Gasteiger charge is -1.90. The molecule has 0 aliphatic carbocycles. The number of rotatable bonds is 1. The molecule has 1 heterocycles. The van der Waals surface area contributed by atoms with Crippen molar-refractivity contribution in [2.24, 2.45) is 0 Å². The summed E-state index contributed by atoms with van der Waals surface area (Å²) in [5, 5.41) is 10.6. The van der Waals surface area contributed by atoms with Crippen LogP contribution in [0.3, 0.4) is 0 Å². The first-order valence-corrected chi connectivity index (χ1v) is 5.19. The molecule has 0 unspecified atom stereocenters. The Morgan fingerprint density at radius 1 is 1.46 bits per heavy atom. The summed E-state index contributed by atoms with van der Waals surface area (Å²) >= 11 is 4.53. The van der Waals surface area contributed by atoms with E-state index in [1.807, 2.05) is 6.07 Å². The molecule has 4 heteroatoms. The largest absolute Gasteiger partial charge is 0.499 e. The molecule has 1 aromatic heterocycles. The third-order valence-electron chi connectivity index (χ3n) is 1.77. The smallest absolute Gasteiger partial charge is 0.186 e. The molecule has 1 N–H and O–H groups in total. The number of halogens is 1. The third kappa shape index (κ3) is 1.36. The summed E-state index contributed by atoms with van der Waals surface area (Å²) in [6, 6.07) is 5.31. The maximum atomic E-state index is 10.5. The van der Waals surface area contributed by atoms with Gasteiger partial charge >= 0.3 is 0 Å². The highest BCUT2D eigenvalue weighted by Gasteiger charge is 2.08. The van der Waals surface area contributed by atoms with E-state index in [9.17, 15) is 9.90 Å². The SMILES string of the molecule is O=Cc1ccc2c(Br)c(O)sc2c1. The van der Waals surface area contributed by atoms with Crippen molar-refractivity contribution in [1.29, 1.82) is 0 Å². The van der Waals surface area contributed by atoms with Gasteiger partial charge in [-0.15, -0.1) is 0 Å². The number of hydrogen-bond donors (Lipinski definition) is 1. The number of aldehydes is 1. The Hall–Kier alpha value is -0.870. The lowest BCUT2D eigenvalue weighted by atomic mass is 10.2. The molecular formula is C9H5BrO2S. The van der Waals surface area contributed by atoms with Gasteiger partial charge in [0, 0.05) is 15.6 Å². The Balaban J connectivity index is 2.79. The van der Waals surface area contributed by atoms with Gasteiger partial charge in [-0.3, -0.25) is 4.79 Å². The minimum Gasteiger partial charge on any atom is -0.499 e. The Morgan fingerprint density at radius 3 is 2.92 bits per heavy atom. The molecule has 1 aromatic carbocycles. The molecule has 2 rings (SSSR count). The van der Waals surface area contributed by atoms with E-state index >= 15 is 0 Å². The summed E-state index contributed by atoms with van der Waals surface area (Å²) in [5.74, 6) is 0. The number of carbonyl (C=O) groups is 1. The third-order valence-corrected chi connectivity index (χ3v) is 3.79. The fourth-order valence-electron chi connectivity index (χ4n) is 1.14. The zero-order chi connectivity index (χ0) is 9.42. The van der Waals surface area contributed by atoms with Crippen LogP contribution < -0.4 is 0 Å². The predicted octanol–water partition coefficient (Wildman–Crippen LogP) is 3.18. The van der Waals surface area contributed by atoms with E-state index in [4.69, 9.17) is 0 Å². The van der Waals surface area contributed by atoms with E-state index in [1.165, 1.54) is 11.3 Å². The van der Waals surface area contributed by atoms with Crippen LogP contribution in [0.2, 0.25) is 0 Å². The van der Waals surface area contributed by atoms with E-state index in [-0.39, 0.29) is 5.06 Å². The molecule has 0 amide bonds. The van der Waals surface area contributed by atoms with Gasteiger partial charge in [-0.1, -0.05) is 23.5 Å². The standard InChI is InChI=1S/C9H5BrO2S/c10-8-6-2-1-5(4-11)3-7(6)13-9(8)12/h1-4,12H. The molecule has 0 atom stereocenters. The van der Waals surface area contributed by atoms with Crippen molar-refractivity contribution in [2.75, 3.05) is 0 Å². The predicted molar refractivity (Wildman–Crippen MR) is 56.6 cm³/mol. The Kier molecular flexibility index (Phi) is 2.09. The zero-order valence-electron chi connectivity index (χ0n) is 6.45. The first-order chi connectivity index (χ1) is 6.22. The van der Waals surface area contributed by atoms with Gasteiger partial charge in [0.15, 0.2) is 5.06 Å². The van der Waals surface area contributed by atoms with Crippen molar-refractivity contribution >= 4 is 43.6 Å². The number of aromatic hydroxyl groups is 1. The minimum atomic E-state index is 0.248. The number of benzene rings is 1. The van der Waals surface area contributed by atoms with Crippen LogP contribution in [-0.2, 0) is 0 Å². The molecule has 13 heavy (non-hydrogen) atoms. The van der Waals surface area contributed by atoms with E-state index in [2.05, 4.69) is 15.9 Å². The van der Waals surface area contributed by atoms with Crippen LogP contribution >= 0.6 is 27.3 Å². The summed E-state index contributed by atoms with van der Waals surface area (Å²) in [7, 11) is 0. The normalized spacial score (nSPS) is 10.5. The molecule has 0 bridgehead atoms. The van der Waals surface area contributed by atoms with E-state index < -0.39 is 0 Å². The average molecular weight is 257 g/mol. The molecule has 0 saturated heterocycles. The molecule has 66 valence electrons. The first-order valence-electron chi connectivity index (χ1n) is 3.58. The van der Waals surface area contributed by atoms with Crippen LogP contribution in [0.4, 0.5) is 0 Å². The van der Waals surface area contributed by atoms with Crippen LogP contribution in [0.1, 0.15) is 10.4 Å². The van der Waals surface area contributed by atoms with Gasteiger partial charge in [-0.25, -0.2) is 0 Å². The second-order valence-corrected chi connectivity index (χ2v) is 4.42. The maximum absolute atomic E-state index is 10.5. The Labute approximate surface area is 86.9 Å². The van der Waals surface area contributed by atoms with Crippen LogP contribution in [0.15, 0.2) is 22.7 Å². The summed E-state index contributed by atoms with van der Waals surface area (Å²) in [5.41, 5.74) is 0.626. The molecule has 2 aromatic rings. The molecule has 0 fully saturated rings. The van der Waals surface area contributed by atoms with Gasteiger partial charge in [0.2, 0.25) is 0 Å². The quantitative estimate of drug-likeness (QED) is 0.796. The van der Waals surface area contributed by atoms with Crippen LogP contribution in [0.25, 0.3) is 10.1 Å². The number of hydrogen-bond acceptors (Lipinski definition) is 3. The first kappa shape index (κ1) is 8.72. The van der Waals surface area contributed by atoms with Gasteiger partial charge < -0.3 is 5.11 Å². The van der Waals surface area contributed by atoms with Crippen LogP contribution in [0, 0.1) is 0 Å². The van der Waals surface area contributed by atoms with Crippen molar-refractivity contribution < 1.29 is 9.90 Å². The summed E-state index contributed by atoms with van der Waals surface area (Å²) < 4.78 is 1.61. The lowest BCUT2D eigenvalue weighted by Crippen LogP contribution is -1.75. The van der Waals surface area contributed by atoms with Gasteiger partial charge in [0.1, 0.15) is 6.29 Å². The Morgan fingerprint density at radius 2 is 2.23 bits per heavy atom. The van der Waals surface area contributed by atoms with E-state index in [1.54, 1.807) is 12.1 Å². The highest BCUT2D eigenvalue weighted by Crippen LogP contribution is 2.40. The highest BCUT2D eigenvalue weighted by atomic mass is 79.9. The number of carbonyl (C=O) groups excluding carboxylic acids is 1. The fraction of sp³-hybridized carbons (Fsp3) is 0. The number of thiophene rings is 1. The van der Waals surface area contributed by atoms with Gasteiger partial charge in [-0.05, 0) is 22.0 Å². The second-order valence-electron chi connectivity index (χ2n) is 2.59. The molecule has 0 aliphatic heterocycles. The summed E-state index contributed by atoms with van der Waals surface area (Å²) in [6.45, 7) is 0. The fourth-order valence-corrected chi connectivity index (χ4v) is 2.74. The average Bonchev–Trinajstić information content (AvgIpc) is 2.42. The van der Waals surface area contributed by atoms with E-state index in [0.717, 1.165) is 16.4 Å². The summed E-state index contributed by atoms with van der Waals surface area (Å²) in [4.78, 5) is 10.5. The molecule has 0 radical (unpaired) electrons. The summed E-state index contributed by atoms with van der Waals surface area (Å²) in [6.07, 6.45) is 0.796. The number of fused-ring (bicyclic) bond motifs is 1. The molecule has 0 saturated carbocycles. The van der Waals surface area contributed by atoms with Crippen molar-refractivity contribution in [3.05, 3.63) is 28.2 Å². The van der Waals surface area contributed by atoms with E-state index in [0.29, 0.717) is 10.0 Å². The molecule has 0 aliphatic rings. The van der Waals surface area contributed by atoms with Crippen molar-refractivity contribution in [2.45, 2.75) is 0 Å². The van der Waals surface area contributed by atoms with Crippen LogP contribution in [-0.4, -0.2) is 11.4 Å². The second kappa shape index (κ2) is 3.12. The molecule has 0 spiro atoms. The highest BCUT2D eigenvalue weighted by molar-refractivity contribution is 9.10. The minimum absolute atomic E-state index is 0.248. The van der Waals surface area contributed by atoms with Crippen LogP contribution in [0.5, 0.6) is 5.06 Å². The zero-order valence-corrected chi connectivity index (χ0v) is 8.85. The van der Waals surface area contributed by atoms with Crippen molar-refractivity contribution in [3.63, 3.8) is 0 Å². The maximum Gasteiger partial charge on any atom is 0.186 e. The van der Waals surface area contributed by atoms with Crippen molar-refractivity contribution in [1.82, 2.24) is 0 Å². The van der Waals surface area contributed by atoms with Crippen molar-refractivity contribution in [3.8, 4) is 5.06 Å². The van der Waals surface area contributed by atoms with Gasteiger partial charge in [0.05, 0.1) is 4.47 Å². The molecule has 2 nitrogen and oxygen atoms in total. The van der Waals surface area contributed by atoms with Gasteiger partial charge in [0.25, 0.3) is 0 Å². The topological polar surface area (TPSA) is 37.3 Å². The molecular weight excluding hydrogens is 252 g/mol. The van der Waals surface area contributed by atoms with Gasteiger partial charge in [-0.2, -0.15) is 0 Å². The monoisotopic (exact) mass is 256 g/mol. The Bertz CT molecular complexity index is 476.